The Balaban J connectivity index is 1.28. The lowest BCUT2D eigenvalue weighted by Gasteiger charge is -2.29. The van der Waals surface area contributed by atoms with Crippen molar-refractivity contribution >= 4 is 40.6 Å². The van der Waals surface area contributed by atoms with E-state index in [2.05, 4.69) is 10.6 Å². The van der Waals surface area contributed by atoms with E-state index in [0.717, 1.165) is 18.9 Å². The molecule has 1 saturated carbocycles. The van der Waals surface area contributed by atoms with E-state index in [0.29, 0.717) is 57.6 Å². The Morgan fingerprint density at radius 1 is 0.739 bits per heavy atom. The van der Waals surface area contributed by atoms with Crippen LogP contribution < -0.4 is 10.6 Å². The van der Waals surface area contributed by atoms with Crippen LogP contribution in [0.2, 0.25) is 0 Å². The molecule has 230 valence electrons. The second-order valence-corrected chi connectivity index (χ2v) is 11.1. The molecule has 8 nitrogen and oxygen atoms in total. The smallest absolute Gasteiger partial charge is 0.328 e. The lowest BCUT2D eigenvalue weighted by Crippen LogP contribution is -2.55. The molecule has 1 heterocycles. The lowest BCUT2D eigenvalue weighted by molar-refractivity contribution is -0.131. The zero-order valence-corrected chi connectivity index (χ0v) is 24.5. The van der Waals surface area contributed by atoms with Crippen molar-refractivity contribution in [1.82, 2.24) is 15.3 Å². The standard InChI is InChI=1S/C36H28F2N4O4/c37-26-11-6-23(7-12-26)32-33(24-8-13-27(38)14-9-24)41-30-21-25(10-17-29(30)40-32)34(45)42-36(19-1-2-20-36)35(46)39-28-15-3-22(4-16-28)5-18-31(43)44/h3-18,21H,1-2,19-20H2,(H,39,46)(H,42,45)(H,43,44)/b18-5+. The van der Waals surface area contributed by atoms with Gasteiger partial charge in [0.15, 0.2) is 0 Å². The number of carbonyl (C=O) groups excluding carboxylic acids is 2. The molecule has 5 aromatic rings. The summed E-state index contributed by atoms with van der Waals surface area (Å²) in [5, 5.41) is 14.7. The summed E-state index contributed by atoms with van der Waals surface area (Å²) in [6.45, 7) is 0. The molecular weight excluding hydrogens is 590 g/mol. The molecule has 0 bridgehead atoms. The van der Waals surface area contributed by atoms with Gasteiger partial charge >= 0.3 is 5.97 Å². The number of rotatable bonds is 8. The number of benzene rings is 4. The van der Waals surface area contributed by atoms with Gasteiger partial charge in [-0.3, -0.25) is 9.59 Å². The molecule has 0 aliphatic heterocycles. The maximum Gasteiger partial charge on any atom is 0.328 e. The van der Waals surface area contributed by atoms with Crippen LogP contribution in [-0.2, 0) is 9.59 Å². The quantitative estimate of drug-likeness (QED) is 0.161. The van der Waals surface area contributed by atoms with E-state index < -0.39 is 29.0 Å². The van der Waals surface area contributed by atoms with Crippen molar-refractivity contribution in [2.75, 3.05) is 5.32 Å². The van der Waals surface area contributed by atoms with Crippen LogP contribution in [0.15, 0.2) is 97.1 Å². The third-order valence-corrected chi connectivity index (χ3v) is 7.99. The van der Waals surface area contributed by atoms with Gasteiger partial charge in [0, 0.05) is 28.5 Å². The molecular formula is C36H28F2N4O4. The van der Waals surface area contributed by atoms with Gasteiger partial charge in [-0.25, -0.2) is 23.5 Å². The van der Waals surface area contributed by atoms with Crippen molar-refractivity contribution in [2.45, 2.75) is 31.2 Å². The van der Waals surface area contributed by atoms with Crippen LogP contribution in [0.25, 0.3) is 39.6 Å². The van der Waals surface area contributed by atoms with Crippen LogP contribution >= 0.6 is 0 Å². The number of carboxylic acids is 1. The Morgan fingerprint density at radius 3 is 1.87 bits per heavy atom. The van der Waals surface area contributed by atoms with Crippen LogP contribution in [0, 0.1) is 11.6 Å². The van der Waals surface area contributed by atoms with Crippen LogP contribution in [0.3, 0.4) is 0 Å². The first-order valence-electron chi connectivity index (χ1n) is 14.7. The van der Waals surface area contributed by atoms with Crippen LogP contribution in [0.4, 0.5) is 14.5 Å². The fraction of sp³-hybridized carbons (Fsp3) is 0.139. The Hall–Kier alpha value is -5.77. The van der Waals surface area contributed by atoms with Gasteiger partial charge in [0.05, 0.1) is 22.4 Å². The van der Waals surface area contributed by atoms with Gasteiger partial charge in [-0.1, -0.05) is 25.0 Å². The first-order valence-corrected chi connectivity index (χ1v) is 14.7. The molecule has 1 fully saturated rings. The number of anilines is 1. The van der Waals surface area contributed by atoms with Crippen LogP contribution in [0.1, 0.15) is 41.6 Å². The summed E-state index contributed by atoms with van der Waals surface area (Å²) in [5.74, 6) is -2.64. The molecule has 0 unspecified atom stereocenters. The van der Waals surface area contributed by atoms with Crippen molar-refractivity contribution < 1.29 is 28.3 Å². The molecule has 46 heavy (non-hydrogen) atoms. The molecule has 0 saturated heterocycles. The summed E-state index contributed by atoms with van der Waals surface area (Å²) in [5.41, 5.74) is 3.39. The number of halogens is 2. The van der Waals surface area contributed by atoms with E-state index in [1.165, 1.54) is 30.3 Å². The topological polar surface area (TPSA) is 121 Å². The zero-order chi connectivity index (χ0) is 32.3. The number of carboxylic acid groups (broad SMARTS) is 1. The van der Waals surface area contributed by atoms with Crippen molar-refractivity contribution in [3.8, 4) is 22.5 Å². The minimum absolute atomic E-state index is 0.287. The molecule has 4 aromatic carbocycles. The number of fused-ring (bicyclic) bond motifs is 1. The normalized spacial score (nSPS) is 14.0. The molecule has 1 aliphatic rings. The lowest BCUT2D eigenvalue weighted by atomic mass is 9.95. The largest absolute Gasteiger partial charge is 0.478 e. The second-order valence-electron chi connectivity index (χ2n) is 11.1. The van der Waals surface area contributed by atoms with Crippen molar-refractivity contribution in [1.29, 1.82) is 0 Å². The average Bonchev–Trinajstić information content (AvgIpc) is 3.54. The van der Waals surface area contributed by atoms with Crippen LogP contribution in [0.5, 0.6) is 0 Å². The van der Waals surface area contributed by atoms with Gasteiger partial charge in [-0.05, 0) is 103 Å². The Labute approximate surface area is 262 Å². The molecule has 6 rings (SSSR count). The molecule has 0 radical (unpaired) electrons. The van der Waals surface area contributed by atoms with Crippen LogP contribution in [-0.4, -0.2) is 38.4 Å². The number of hydrogen-bond acceptors (Lipinski definition) is 5. The predicted octanol–water partition coefficient (Wildman–Crippen LogP) is 7.02. The van der Waals surface area contributed by atoms with Crippen molar-refractivity contribution in [3.63, 3.8) is 0 Å². The van der Waals surface area contributed by atoms with E-state index in [1.54, 1.807) is 66.7 Å². The third kappa shape index (κ3) is 6.51. The molecule has 1 aromatic heterocycles. The zero-order valence-electron chi connectivity index (χ0n) is 24.5. The van der Waals surface area contributed by atoms with Gasteiger partial charge < -0.3 is 15.7 Å². The van der Waals surface area contributed by atoms with Gasteiger partial charge in [-0.2, -0.15) is 0 Å². The third-order valence-electron chi connectivity index (χ3n) is 7.99. The first-order chi connectivity index (χ1) is 22.2. The van der Waals surface area contributed by atoms with E-state index in [1.807, 2.05) is 0 Å². The highest BCUT2D eigenvalue weighted by atomic mass is 19.1. The summed E-state index contributed by atoms with van der Waals surface area (Å²) < 4.78 is 27.4. The Morgan fingerprint density at radius 2 is 1.30 bits per heavy atom. The molecule has 0 atom stereocenters. The van der Waals surface area contributed by atoms with Gasteiger partial charge in [0.25, 0.3) is 5.91 Å². The molecule has 0 spiro atoms. The summed E-state index contributed by atoms with van der Waals surface area (Å²) in [4.78, 5) is 47.5. The Bertz CT molecular complexity index is 1970. The summed E-state index contributed by atoms with van der Waals surface area (Å²) in [6.07, 6.45) is 4.95. The highest BCUT2D eigenvalue weighted by molar-refractivity contribution is 6.05. The molecule has 1 aliphatic carbocycles. The second kappa shape index (κ2) is 12.7. The first kappa shape index (κ1) is 30.3. The average molecular weight is 619 g/mol. The summed E-state index contributed by atoms with van der Waals surface area (Å²) >= 11 is 0. The monoisotopic (exact) mass is 618 g/mol. The summed E-state index contributed by atoms with van der Waals surface area (Å²) in [7, 11) is 0. The maximum atomic E-state index is 13.7. The minimum Gasteiger partial charge on any atom is -0.478 e. The van der Waals surface area contributed by atoms with Crippen molar-refractivity contribution in [3.05, 3.63) is 120 Å². The number of hydrogen-bond donors (Lipinski definition) is 3. The number of nitrogens with zero attached hydrogens (tertiary/aromatic N) is 2. The van der Waals surface area contributed by atoms with Gasteiger partial charge in [-0.15, -0.1) is 0 Å². The van der Waals surface area contributed by atoms with E-state index in [4.69, 9.17) is 15.1 Å². The Kier molecular flexibility index (Phi) is 8.35. The van der Waals surface area contributed by atoms with E-state index >= 15 is 0 Å². The van der Waals surface area contributed by atoms with Crippen molar-refractivity contribution in [2.24, 2.45) is 0 Å². The van der Waals surface area contributed by atoms with E-state index in [-0.39, 0.29) is 11.5 Å². The summed E-state index contributed by atoms with van der Waals surface area (Å²) in [6, 6.07) is 23.2. The van der Waals surface area contributed by atoms with E-state index in [9.17, 15) is 23.2 Å². The SMILES string of the molecule is O=C(O)/C=C/c1ccc(NC(=O)C2(NC(=O)c3ccc4nc(-c5ccc(F)cc5)c(-c5ccc(F)cc5)nc4c3)CCCC2)cc1. The molecule has 10 heteroatoms. The highest BCUT2D eigenvalue weighted by Gasteiger charge is 2.42. The number of amides is 2. The fourth-order valence-corrected chi connectivity index (χ4v) is 5.59. The van der Waals surface area contributed by atoms with Gasteiger partial charge in [0.2, 0.25) is 5.91 Å². The highest BCUT2D eigenvalue weighted by Crippen LogP contribution is 2.33. The molecule has 3 N–H and O–H groups in total. The number of aliphatic carboxylic acids is 1. The maximum absolute atomic E-state index is 13.7. The number of carbonyl (C=O) groups is 3. The van der Waals surface area contributed by atoms with Gasteiger partial charge in [0.1, 0.15) is 17.2 Å². The number of aromatic nitrogens is 2. The number of nitrogens with one attached hydrogen (secondary N) is 2. The minimum atomic E-state index is -1.12. The molecule has 2 amide bonds. The fourth-order valence-electron chi connectivity index (χ4n) is 5.59. The predicted molar refractivity (Wildman–Crippen MR) is 171 cm³/mol.